The Morgan fingerprint density at radius 3 is 2.53 bits per heavy atom. The van der Waals surface area contributed by atoms with Gasteiger partial charge in [0.15, 0.2) is 0 Å². The van der Waals surface area contributed by atoms with Crippen molar-refractivity contribution in [2.24, 2.45) is 0 Å². The number of aromatic hydroxyl groups is 2. The minimum atomic E-state index is 0.218. The molecule has 0 aliphatic carbocycles. The number of hydrogen-bond donors (Lipinski definition) is 2. The lowest BCUT2D eigenvalue weighted by atomic mass is 10.0. The average molecular weight is 206 g/mol. The van der Waals surface area contributed by atoms with Crippen LogP contribution in [0.1, 0.15) is 30.9 Å². The SMILES string of the molecule is C=CCc1cc(O)cc(CCCC)c1O. The van der Waals surface area contributed by atoms with Crippen molar-refractivity contribution in [3.8, 4) is 11.5 Å². The summed E-state index contributed by atoms with van der Waals surface area (Å²) in [7, 11) is 0. The summed E-state index contributed by atoms with van der Waals surface area (Å²) in [5, 5.41) is 19.4. The predicted molar refractivity (Wildman–Crippen MR) is 62.3 cm³/mol. The van der Waals surface area contributed by atoms with Crippen molar-refractivity contribution in [2.45, 2.75) is 32.6 Å². The number of phenolic OH excluding ortho intramolecular Hbond substituents is 2. The van der Waals surface area contributed by atoms with Crippen LogP contribution in [0.25, 0.3) is 0 Å². The Morgan fingerprint density at radius 1 is 1.27 bits per heavy atom. The van der Waals surface area contributed by atoms with Gasteiger partial charge in [0.1, 0.15) is 11.5 Å². The summed E-state index contributed by atoms with van der Waals surface area (Å²) in [6, 6.07) is 3.23. The van der Waals surface area contributed by atoms with E-state index in [1.54, 1.807) is 18.2 Å². The first-order chi connectivity index (χ1) is 7.19. The van der Waals surface area contributed by atoms with Gasteiger partial charge >= 0.3 is 0 Å². The summed E-state index contributed by atoms with van der Waals surface area (Å²) >= 11 is 0. The summed E-state index contributed by atoms with van der Waals surface area (Å²) in [4.78, 5) is 0. The minimum Gasteiger partial charge on any atom is -0.508 e. The van der Waals surface area contributed by atoms with Crippen LogP contribution in [0.3, 0.4) is 0 Å². The molecular weight excluding hydrogens is 188 g/mol. The molecule has 1 aromatic rings. The van der Waals surface area contributed by atoms with Crippen molar-refractivity contribution in [2.75, 3.05) is 0 Å². The highest BCUT2D eigenvalue weighted by atomic mass is 16.3. The first-order valence-corrected chi connectivity index (χ1v) is 5.33. The van der Waals surface area contributed by atoms with E-state index in [9.17, 15) is 10.2 Å². The molecule has 1 aromatic carbocycles. The Morgan fingerprint density at radius 2 is 1.93 bits per heavy atom. The molecule has 0 bridgehead atoms. The maximum Gasteiger partial charge on any atom is 0.122 e. The van der Waals surface area contributed by atoms with E-state index < -0.39 is 0 Å². The molecule has 0 fully saturated rings. The van der Waals surface area contributed by atoms with E-state index >= 15 is 0 Å². The number of allylic oxidation sites excluding steroid dienone is 1. The van der Waals surface area contributed by atoms with E-state index in [2.05, 4.69) is 13.5 Å². The van der Waals surface area contributed by atoms with E-state index in [0.29, 0.717) is 12.2 Å². The molecule has 2 N–H and O–H groups in total. The maximum atomic E-state index is 9.91. The monoisotopic (exact) mass is 206 g/mol. The van der Waals surface area contributed by atoms with Crippen LogP contribution in [0.2, 0.25) is 0 Å². The minimum absolute atomic E-state index is 0.218. The van der Waals surface area contributed by atoms with Crippen molar-refractivity contribution >= 4 is 0 Å². The average Bonchev–Trinajstić information content (AvgIpc) is 2.21. The lowest BCUT2D eigenvalue weighted by molar-refractivity contribution is 0.448. The van der Waals surface area contributed by atoms with Crippen molar-refractivity contribution < 1.29 is 10.2 Å². The van der Waals surface area contributed by atoms with Gasteiger partial charge in [0, 0.05) is 5.56 Å². The molecule has 0 saturated carbocycles. The molecule has 15 heavy (non-hydrogen) atoms. The molecule has 2 nitrogen and oxygen atoms in total. The van der Waals surface area contributed by atoms with Gasteiger partial charge in [-0.05, 0) is 37.0 Å². The molecule has 0 radical (unpaired) electrons. The number of phenols is 2. The Hall–Kier alpha value is -1.44. The summed E-state index contributed by atoms with van der Waals surface area (Å²) < 4.78 is 0. The van der Waals surface area contributed by atoms with Crippen LogP contribution >= 0.6 is 0 Å². The molecule has 2 heteroatoms. The lowest BCUT2D eigenvalue weighted by Crippen LogP contribution is -1.91. The van der Waals surface area contributed by atoms with Gasteiger partial charge in [-0.25, -0.2) is 0 Å². The number of aryl methyl sites for hydroxylation is 1. The van der Waals surface area contributed by atoms with Gasteiger partial charge in [-0.2, -0.15) is 0 Å². The van der Waals surface area contributed by atoms with Gasteiger partial charge in [-0.15, -0.1) is 6.58 Å². The van der Waals surface area contributed by atoms with Crippen LogP contribution < -0.4 is 0 Å². The third kappa shape index (κ3) is 3.01. The molecule has 0 aliphatic heterocycles. The molecular formula is C13H18O2. The second-order valence-electron chi connectivity index (χ2n) is 3.71. The summed E-state index contributed by atoms with van der Waals surface area (Å²) in [5.74, 6) is 0.525. The van der Waals surface area contributed by atoms with E-state index in [4.69, 9.17) is 0 Å². The van der Waals surface area contributed by atoms with Crippen LogP contribution in [0.5, 0.6) is 11.5 Å². The largest absolute Gasteiger partial charge is 0.508 e. The highest BCUT2D eigenvalue weighted by molar-refractivity contribution is 5.46. The molecule has 0 spiro atoms. The van der Waals surface area contributed by atoms with Gasteiger partial charge in [0.05, 0.1) is 0 Å². The first kappa shape index (κ1) is 11.6. The Bertz CT molecular complexity index is 343. The van der Waals surface area contributed by atoms with Crippen molar-refractivity contribution in [3.63, 3.8) is 0 Å². The van der Waals surface area contributed by atoms with Crippen LogP contribution in [-0.4, -0.2) is 10.2 Å². The number of hydrogen-bond acceptors (Lipinski definition) is 2. The maximum absolute atomic E-state index is 9.91. The molecule has 0 aromatic heterocycles. The molecule has 82 valence electrons. The normalized spacial score (nSPS) is 10.2. The number of rotatable bonds is 5. The standard InChI is InChI=1S/C13H18O2/c1-3-5-7-11-9-12(14)8-10(6-4-2)13(11)15/h4,8-9,14-15H,2-3,5-7H2,1H3. The Kier molecular flexibility index (Phi) is 4.22. The predicted octanol–water partition coefficient (Wildman–Crippen LogP) is 3.17. The molecule has 1 rings (SSSR count). The molecule has 0 atom stereocenters. The van der Waals surface area contributed by atoms with Crippen molar-refractivity contribution in [1.29, 1.82) is 0 Å². The topological polar surface area (TPSA) is 40.5 Å². The third-order valence-corrected chi connectivity index (χ3v) is 2.42. The van der Waals surface area contributed by atoms with Crippen LogP contribution in [-0.2, 0) is 12.8 Å². The molecule has 0 aliphatic rings. The zero-order valence-corrected chi connectivity index (χ0v) is 9.16. The first-order valence-electron chi connectivity index (χ1n) is 5.33. The number of benzene rings is 1. The van der Waals surface area contributed by atoms with Crippen LogP contribution in [0.15, 0.2) is 24.8 Å². The molecule has 0 saturated heterocycles. The molecule has 0 heterocycles. The van der Waals surface area contributed by atoms with Gasteiger partial charge in [0.25, 0.3) is 0 Å². The zero-order valence-electron chi connectivity index (χ0n) is 9.16. The molecule has 0 unspecified atom stereocenters. The fourth-order valence-corrected chi connectivity index (χ4v) is 1.61. The molecule has 0 amide bonds. The fourth-order valence-electron chi connectivity index (χ4n) is 1.61. The van der Waals surface area contributed by atoms with E-state index in [1.165, 1.54) is 0 Å². The fraction of sp³-hybridized carbons (Fsp3) is 0.385. The van der Waals surface area contributed by atoms with E-state index in [0.717, 1.165) is 30.4 Å². The number of unbranched alkanes of at least 4 members (excludes halogenated alkanes) is 1. The highest BCUT2D eigenvalue weighted by Crippen LogP contribution is 2.29. The van der Waals surface area contributed by atoms with Gasteiger partial charge in [-0.1, -0.05) is 19.4 Å². The highest BCUT2D eigenvalue weighted by Gasteiger charge is 2.08. The van der Waals surface area contributed by atoms with Crippen molar-refractivity contribution in [1.82, 2.24) is 0 Å². The van der Waals surface area contributed by atoms with E-state index in [1.807, 2.05) is 0 Å². The zero-order chi connectivity index (χ0) is 11.3. The Labute approximate surface area is 90.9 Å². The van der Waals surface area contributed by atoms with Crippen molar-refractivity contribution in [3.05, 3.63) is 35.9 Å². The quantitative estimate of drug-likeness (QED) is 0.574. The van der Waals surface area contributed by atoms with Crippen LogP contribution in [0, 0.1) is 0 Å². The van der Waals surface area contributed by atoms with E-state index in [-0.39, 0.29) is 5.75 Å². The summed E-state index contributed by atoms with van der Waals surface area (Å²) in [6.45, 7) is 5.73. The third-order valence-electron chi connectivity index (χ3n) is 2.42. The van der Waals surface area contributed by atoms with Gasteiger partial charge in [0.2, 0.25) is 0 Å². The second-order valence-corrected chi connectivity index (χ2v) is 3.71. The second kappa shape index (κ2) is 5.44. The van der Waals surface area contributed by atoms with Crippen LogP contribution in [0.4, 0.5) is 0 Å². The lowest BCUT2D eigenvalue weighted by Gasteiger charge is -2.09. The smallest absolute Gasteiger partial charge is 0.122 e. The summed E-state index contributed by atoms with van der Waals surface area (Å²) in [5.41, 5.74) is 1.57. The Balaban J connectivity index is 2.98. The summed E-state index contributed by atoms with van der Waals surface area (Å²) in [6.07, 6.45) is 5.20. The van der Waals surface area contributed by atoms with Gasteiger partial charge < -0.3 is 10.2 Å². The van der Waals surface area contributed by atoms with Gasteiger partial charge in [-0.3, -0.25) is 0 Å².